The van der Waals surface area contributed by atoms with E-state index < -0.39 is 6.10 Å². The summed E-state index contributed by atoms with van der Waals surface area (Å²) in [6.07, 6.45) is 1.18. The molecule has 8 heteroatoms. The van der Waals surface area contributed by atoms with Gasteiger partial charge in [0.1, 0.15) is 5.75 Å². The average Bonchev–Trinajstić information content (AvgIpc) is 3.10. The number of rotatable bonds is 6. The zero-order chi connectivity index (χ0) is 18.4. The first kappa shape index (κ1) is 21.5. The Hall–Kier alpha value is -1.83. The number of ether oxygens (including phenoxy) is 1. The summed E-state index contributed by atoms with van der Waals surface area (Å²) in [7, 11) is 0. The molecular formula is C19H28ClN3O4. The van der Waals surface area contributed by atoms with E-state index in [-0.39, 0.29) is 42.7 Å². The van der Waals surface area contributed by atoms with Crippen molar-refractivity contribution in [2.45, 2.75) is 18.9 Å². The number of halogens is 1. The number of aliphatic hydroxyl groups excluding tert-OH is 1. The standard InChI is InChI=1S/C19H27N3O4.ClH/c23-17-11-20-9-15(17)10-21-19(25)14-5-4-8-22(12-14)18(24)13-26-16-6-2-1-3-7-16;/h1-3,6-7,14-15,17,20,23H,4-5,8-13H2,(H,21,25);1H. The summed E-state index contributed by atoms with van der Waals surface area (Å²) in [4.78, 5) is 26.5. The molecule has 1 aromatic carbocycles. The van der Waals surface area contributed by atoms with Crippen molar-refractivity contribution in [2.75, 3.05) is 39.3 Å². The second kappa shape index (κ2) is 10.5. The molecule has 0 bridgehead atoms. The van der Waals surface area contributed by atoms with Crippen LogP contribution in [0.15, 0.2) is 30.3 Å². The Labute approximate surface area is 165 Å². The van der Waals surface area contributed by atoms with Gasteiger partial charge in [-0.05, 0) is 25.0 Å². The summed E-state index contributed by atoms with van der Waals surface area (Å²) in [6.45, 7) is 2.83. The van der Waals surface area contributed by atoms with E-state index in [4.69, 9.17) is 4.74 Å². The van der Waals surface area contributed by atoms with Gasteiger partial charge >= 0.3 is 0 Å². The van der Waals surface area contributed by atoms with Gasteiger partial charge in [0, 0.05) is 38.6 Å². The van der Waals surface area contributed by atoms with E-state index in [1.165, 1.54) is 0 Å². The van der Waals surface area contributed by atoms with Gasteiger partial charge in [0.15, 0.2) is 6.61 Å². The lowest BCUT2D eigenvalue weighted by atomic mass is 9.96. The summed E-state index contributed by atoms with van der Waals surface area (Å²) in [5.41, 5.74) is 0. The number of benzene rings is 1. The number of hydrogen-bond donors (Lipinski definition) is 3. The Morgan fingerprint density at radius 2 is 2.04 bits per heavy atom. The predicted molar refractivity (Wildman–Crippen MR) is 104 cm³/mol. The SMILES string of the molecule is Cl.O=C(NCC1CNCC1O)C1CCCN(C(=O)COc2ccccc2)C1. The highest BCUT2D eigenvalue weighted by molar-refractivity contribution is 5.85. The second-order valence-corrected chi connectivity index (χ2v) is 7.01. The van der Waals surface area contributed by atoms with E-state index in [2.05, 4.69) is 10.6 Å². The van der Waals surface area contributed by atoms with Gasteiger partial charge in [-0.1, -0.05) is 18.2 Å². The first-order chi connectivity index (χ1) is 12.6. The first-order valence-corrected chi connectivity index (χ1v) is 9.25. The number of piperidine rings is 1. The summed E-state index contributed by atoms with van der Waals surface area (Å²) < 4.78 is 5.52. The van der Waals surface area contributed by atoms with E-state index in [0.717, 1.165) is 12.8 Å². The molecule has 0 spiro atoms. The second-order valence-electron chi connectivity index (χ2n) is 7.01. The Balaban J connectivity index is 0.00000261. The predicted octanol–water partition coefficient (Wildman–Crippen LogP) is 0.422. The molecule has 2 saturated heterocycles. The molecule has 2 aliphatic rings. The summed E-state index contributed by atoms with van der Waals surface area (Å²) in [5, 5.41) is 15.8. The van der Waals surface area contributed by atoms with Crippen LogP contribution in [0.2, 0.25) is 0 Å². The first-order valence-electron chi connectivity index (χ1n) is 9.25. The van der Waals surface area contributed by atoms with Gasteiger partial charge in [-0.2, -0.15) is 0 Å². The molecule has 0 radical (unpaired) electrons. The largest absolute Gasteiger partial charge is 0.484 e. The Kier molecular flexibility index (Phi) is 8.34. The van der Waals surface area contributed by atoms with Crippen LogP contribution in [0.1, 0.15) is 12.8 Å². The molecule has 1 aromatic rings. The number of amides is 2. The third-order valence-electron chi connectivity index (χ3n) is 5.09. The smallest absolute Gasteiger partial charge is 0.260 e. The van der Waals surface area contributed by atoms with Crippen molar-refractivity contribution in [1.82, 2.24) is 15.5 Å². The van der Waals surface area contributed by atoms with Crippen LogP contribution in [0.5, 0.6) is 5.75 Å². The molecule has 3 rings (SSSR count). The van der Waals surface area contributed by atoms with Gasteiger partial charge in [-0.25, -0.2) is 0 Å². The van der Waals surface area contributed by atoms with Crippen LogP contribution in [-0.2, 0) is 9.59 Å². The van der Waals surface area contributed by atoms with Crippen LogP contribution in [0.4, 0.5) is 0 Å². The Morgan fingerprint density at radius 1 is 1.26 bits per heavy atom. The van der Waals surface area contributed by atoms with Crippen molar-refractivity contribution < 1.29 is 19.4 Å². The minimum atomic E-state index is -0.408. The molecule has 3 N–H and O–H groups in total. The topological polar surface area (TPSA) is 90.9 Å². The van der Waals surface area contributed by atoms with E-state index in [1.54, 1.807) is 4.90 Å². The van der Waals surface area contributed by atoms with Crippen molar-refractivity contribution in [3.8, 4) is 5.75 Å². The highest BCUT2D eigenvalue weighted by Crippen LogP contribution is 2.18. The molecule has 2 heterocycles. The van der Waals surface area contributed by atoms with Crippen LogP contribution in [0.25, 0.3) is 0 Å². The lowest BCUT2D eigenvalue weighted by molar-refractivity contribution is -0.137. The van der Waals surface area contributed by atoms with Crippen molar-refractivity contribution in [1.29, 1.82) is 0 Å². The lowest BCUT2D eigenvalue weighted by Gasteiger charge is -2.32. The molecule has 2 fully saturated rings. The molecular weight excluding hydrogens is 370 g/mol. The summed E-state index contributed by atoms with van der Waals surface area (Å²) in [5.74, 6) is 0.388. The van der Waals surface area contributed by atoms with E-state index >= 15 is 0 Å². The number of carbonyl (C=O) groups excluding carboxylic acids is 2. The van der Waals surface area contributed by atoms with Crippen molar-refractivity contribution >= 4 is 24.2 Å². The quantitative estimate of drug-likeness (QED) is 0.647. The molecule has 3 unspecified atom stereocenters. The number of aliphatic hydroxyl groups is 1. The van der Waals surface area contributed by atoms with E-state index in [0.29, 0.717) is 38.5 Å². The minimum Gasteiger partial charge on any atom is -0.484 e. The average molecular weight is 398 g/mol. The molecule has 150 valence electrons. The number of hydrogen-bond acceptors (Lipinski definition) is 5. The van der Waals surface area contributed by atoms with E-state index in [1.807, 2.05) is 30.3 Å². The Morgan fingerprint density at radius 3 is 2.74 bits per heavy atom. The van der Waals surface area contributed by atoms with Gasteiger partial charge in [0.25, 0.3) is 5.91 Å². The zero-order valence-electron chi connectivity index (χ0n) is 15.3. The monoisotopic (exact) mass is 397 g/mol. The minimum absolute atomic E-state index is 0. The number of nitrogens with one attached hydrogen (secondary N) is 2. The van der Waals surface area contributed by atoms with Crippen molar-refractivity contribution in [2.24, 2.45) is 11.8 Å². The van der Waals surface area contributed by atoms with Crippen LogP contribution < -0.4 is 15.4 Å². The van der Waals surface area contributed by atoms with Crippen LogP contribution in [0.3, 0.4) is 0 Å². The van der Waals surface area contributed by atoms with Crippen LogP contribution >= 0.6 is 12.4 Å². The molecule has 7 nitrogen and oxygen atoms in total. The Bertz CT molecular complexity index is 616. The fourth-order valence-corrected chi connectivity index (χ4v) is 3.47. The molecule has 0 aromatic heterocycles. The molecule has 2 aliphatic heterocycles. The number of β-amino-alcohol motifs (C(OH)–C–C–N with tert-alkyl or cyclic N) is 1. The van der Waals surface area contributed by atoms with Gasteiger partial charge < -0.3 is 25.4 Å². The normalized spacial score (nSPS) is 24.8. The number of likely N-dealkylation sites (tertiary alicyclic amines) is 1. The number of carbonyl (C=O) groups is 2. The number of para-hydroxylation sites is 1. The van der Waals surface area contributed by atoms with Gasteiger partial charge in [0.05, 0.1) is 12.0 Å². The summed E-state index contributed by atoms with van der Waals surface area (Å²) in [6, 6.07) is 9.23. The van der Waals surface area contributed by atoms with Crippen LogP contribution in [-0.4, -0.2) is 67.3 Å². The molecule has 3 atom stereocenters. The van der Waals surface area contributed by atoms with Crippen LogP contribution in [0, 0.1) is 11.8 Å². The zero-order valence-corrected chi connectivity index (χ0v) is 16.1. The van der Waals surface area contributed by atoms with Gasteiger partial charge in [-0.15, -0.1) is 12.4 Å². The molecule has 0 aliphatic carbocycles. The molecule has 0 saturated carbocycles. The maximum Gasteiger partial charge on any atom is 0.260 e. The maximum atomic E-state index is 12.4. The molecule has 2 amide bonds. The summed E-state index contributed by atoms with van der Waals surface area (Å²) >= 11 is 0. The third-order valence-corrected chi connectivity index (χ3v) is 5.09. The highest BCUT2D eigenvalue weighted by atomic mass is 35.5. The number of nitrogens with zero attached hydrogens (tertiary/aromatic N) is 1. The van der Waals surface area contributed by atoms with Crippen molar-refractivity contribution in [3.05, 3.63) is 30.3 Å². The fourth-order valence-electron chi connectivity index (χ4n) is 3.47. The van der Waals surface area contributed by atoms with Gasteiger partial charge in [-0.3, -0.25) is 9.59 Å². The highest BCUT2D eigenvalue weighted by Gasteiger charge is 2.30. The van der Waals surface area contributed by atoms with Crippen molar-refractivity contribution in [3.63, 3.8) is 0 Å². The lowest BCUT2D eigenvalue weighted by Crippen LogP contribution is -2.47. The third kappa shape index (κ3) is 6.09. The van der Waals surface area contributed by atoms with Gasteiger partial charge in [0.2, 0.25) is 5.91 Å². The van der Waals surface area contributed by atoms with E-state index in [9.17, 15) is 14.7 Å². The fraction of sp³-hybridized carbons (Fsp3) is 0.579. The maximum absolute atomic E-state index is 12.4. The molecule has 27 heavy (non-hydrogen) atoms.